The molecule has 1 N–H and O–H groups in total. The van der Waals surface area contributed by atoms with Crippen molar-refractivity contribution >= 4 is 11.8 Å². The van der Waals surface area contributed by atoms with Crippen molar-refractivity contribution in [1.29, 1.82) is 0 Å². The van der Waals surface area contributed by atoms with Gasteiger partial charge in [-0.25, -0.2) is 0 Å². The molecule has 0 bridgehead atoms. The largest absolute Gasteiger partial charge is 0.489 e. The van der Waals surface area contributed by atoms with Crippen molar-refractivity contribution in [3.63, 3.8) is 0 Å². The summed E-state index contributed by atoms with van der Waals surface area (Å²) in [5, 5.41) is 2.79. The zero-order valence-corrected chi connectivity index (χ0v) is 19.8. The van der Waals surface area contributed by atoms with Crippen molar-refractivity contribution in [1.82, 2.24) is 15.1 Å². The average molecular weight is 454 g/mol. The average Bonchev–Trinajstić information content (AvgIpc) is 3.39. The second-order valence-electron chi connectivity index (χ2n) is 10.2. The van der Waals surface area contributed by atoms with Gasteiger partial charge in [-0.15, -0.1) is 0 Å². The molecule has 1 aromatic carbocycles. The molecule has 7 heteroatoms. The Morgan fingerprint density at radius 2 is 1.94 bits per heavy atom. The van der Waals surface area contributed by atoms with Crippen LogP contribution in [-0.2, 0) is 16.1 Å². The summed E-state index contributed by atoms with van der Waals surface area (Å²) < 4.78 is 12.2. The second kappa shape index (κ2) is 8.76. The maximum Gasteiger partial charge on any atom is 0.255 e. The van der Waals surface area contributed by atoms with Crippen LogP contribution in [0.3, 0.4) is 0 Å². The van der Waals surface area contributed by atoms with E-state index >= 15 is 0 Å². The van der Waals surface area contributed by atoms with E-state index in [1.807, 2.05) is 25.3 Å². The lowest BCUT2D eigenvalue weighted by atomic mass is 9.92. The Morgan fingerprint density at radius 3 is 2.67 bits per heavy atom. The standard InChI is InChI=1S/C26H35N3O4/c1-17-7-10-22(24(30)27-17)29-16-18-15-19(8-9-20(18)25(29)31)33-23-6-4-5-21(23)28-13-11-26(2,32-3)12-14-28/h8-9,15,21-23H,1,4-7,10-14,16H2,2-3H3,(H,27,30). The number of nitrogens with zero attached hydrogens (tertiary/aromatic N) is 2. The summed E-state index contributed by atoms with van der Waals surface area (Å²) in [4.78, 5) is 29.7. The molecule has 1 aliphatic carbocycles. The van der Waals surface area contributed by atoms with Gasteiger partial charge < -0.3 is 19.7 Å². The number of amides is 2. The molecule has 4 aliphatic rings. The molecule has 0 aromatic heterocycles. The highest BCUT2D eigenvalue weighted by atomic mass is 16.5. The van der Waals surface area contributed by atoms with Crippen LogP contribution in [0.2, 0.25) is 0 Å². The third-order valence-electron chi connectivity index (χ3n) is 8.13. The number of allylic oxidation sites excluding steroid dienone is 1. The quantitative estimate of drug-likeness (QED) is 0.741. The summed E-state index contributed by atoms with van der Waals surface area (Å²) in [5.74, 6) is 0.613. The molecule has 3 atom stereocenters. The number of methoxy groups -OCH3 is 1. The van der Waals surface area contributed by atoms with E-state index in [1.54, 1.807) is 4.90 Å². The van der Waals surface area contributed by atoms with Crippen molar-refractivity contribution in [2.45, 2.75) is 82.2 Å². The smallest absolute Gasteiger partial charge is 0.255 e. The van der Waals surface area contributed by atoms with Gasteiger partial charge in [-0.1, -0.05) is 6.58 Å². The zero-order chi connectivity index (χ0) is 23.2. The Hall–Kier alpha value is -2.38. The fourth-order valence-corrected chi connectivity index (χ4v) is 5.87. The zero-order valence-electron chi connectivity index (χ0n) is 19.8. The molecule has 3 fully saturated rings. The summed E-state index contributed by atoms with van der Waals surface area (Å²) >= 11 is 0. The Morgan fingerprint density at radius 1 is 1.15 bits per heavy atom. The summed E-state index contributed by atoms with van der Waals surface area (Å²) in [5.41, 5.74) is 2.34. The molecule has 5 rings (SSSR count). The van der Waals surface area contributed by atoms with E-state index in [9.17, 15) is 9.59 Å². The fourth-order valence-electron chi connectivity index (χ4n) is 5.87. The third-order valence-corrected chi connectivity index (χ3v) is 8.13. The first-order chi connectivity index (χ1) is 15.9. The van der Waals surface area contributed by atoms with E-state index in [1.165, 1.54) is 6.42 Å². The van der Waals surface area contributed by atoms with Gasteiger partial charge in [0.2, 0.25) is 5.91 Å². The fraction of sp³-hybridized carbons (Fsp3) is 0.615. The number of piperidine rings is 2. The number of carbonyl (C=O) groups is 2. The SMILES string of the molecule is C=C1CCC(N2Cc3cc(OC4CCCC4N4CCC(C)(OC)CC4)ccc3C2=O)C(=O)N1. The molecule has 3 unspecified atom stereocenters. The summed E-state index contributed by atoms with van der Waals surface area (Å²) in [6.45, 7) is 8.57. The lowest BCUT2D eigenvalue weighted by Crippen LogP contribution is -2.51. The minimum Gasteiger partial charge on any atom is -0.489 e. The molecular formula is C26H35N3O4. The van der Waals surface area contributed by atoms with Gasteiger partial charge in [0.1, 0.15) is 17.9 Å². The number of nitrogens with one attached hydrogen (secondary N) is 1. The van der Waals surface area contributed by atoms with Crippen LogP contribution in [0.4, 0.5) is 0 Å². The number of hydrogen-bond acceptors (Lipinski definition) is 5. The number of ether oxygens (including phenoxy) is 2. The van der Waals surface area contributed by atoms with Gasteiger partial charge in [-0.2, -0.15) is 0 Å². The van der Waals surface area contributed by atoms with Crippen LogP contribution < -0.4 is 10.1 Å². The van der Waals surface area contributed by atoms with Gasteiger partial charge in [0.05, 0.1) is 5.60 Å². The molecule has 3 heterocycles. The number of rotatable bonds is 5. The van der Waals surface area contributed by atoms with E-state index in [2.05, 4.69) is 23.7 Å². The van der Waals surface area contributed by atoms with Crippen LogP contribution in [-0.4, -0.2) is 65.6 Å². The second-order valence-corrected chi connectivity index (χ2v) is 10.2. The third kappa shape index (κ3) is 4.28. The normalized spacial score (nSPS) is 29.8. The Bertz CT molecular complexity index is 953. The summed E-state index contributed by atoms with van der Waals surface area (Å²) in [6, 6.07) is 5.77. The van der Waals surface area contributed by atoms with Crippen LogP contribution in [0, 0.1) is 0 Å². The van der Waals surface area contributed by atoms with Crippen LogP contribution in [0.5, 0.6) is 5.75 Å². The molecule has 2 amide bonds. The monoisotopic (exact) mass is 453 g/mol. The molecule has 0 radical (unpaired) electrons. The van der Waals surface area contributed by atoms with E-state index in [0.717, 1.165) is 55.8 Å². The highest BCUT2D eigenvalue weighted by Gasteiger charge is 2.40. The lowest BCUT2D eigenvalue weighted by molar-refractivity contribution is -0.126. The predicted octanol–water partition coefficient (Wildman–Crippen LogP) is 3.24. The number of likely N-dealkylation sites (tertiary alicyclic amines) is 1. The Balaban J connectivity index is 1.25. The number of hydrogen-bond donors (Lipinski definition) is 1. The molecule has 178 valence electrons. The number of fused-ring (bicyclic) bond motifs is 1. The molecule has 33 heavy (non-hydrogen) atoms. The summed E-state index contributed by atoms with van der Waals surface area (Å²) in [6.07, 6.45) is 6.97. The first-order valence-corrected chi connectivity index (χ1v) is 12.3. The first kappa shape index (κ1) is 22.4. The summed E-state index contributed by atoms with van der Waals surface area (Å²) in [7, 11) is 1.81. The number of benzene rings is 1. The number of carbonyl (C=O) groups excluding carboxylic acids is 2. The molecule has 1 aromatic rings. The van der Waals surface area contributed by atoms with Crippen LogP contribution in [0.25, 0.3) is 0 Å². The van der Waals surface area contributed by atoms with Gasteiger partial charge >= 0.3 is 0 Å². The van der Waals surface area contributed by atoms with Gasteiger partial charge in [0.25, 0.3) is 5.91 Å². The van der Waals surface area contributed by atoms with E-state index in [4.69, 9.17) is 9.47 Å². The molecular weight excluding hydrogens is 418 g/mol. The van der Waals surface area contributed by atoms with Gasteiger partial charge in [-0.05, 0) is 75.6 Å². The van der Waals surface area contributed by atoms with Crippen LogP contribution in [0.1, 0.15) is 67.8 Å². The van der Waals surface area contributed by atoms with Crippen molar-refractivity contribution in [3.05, 3.63) is 41.6 Å². The molecule has 2 saturated heterocycles. The van der Waals surface area contributed by atoms with Crippen LogP contribution in [0.15, 0.2) is 30.5 Å². The van der Waals surface area contributed by atoms with Gasteiger partial charge in [0.15, 0.2) is 0 Å². The van der Waals surface area contributed by atoms with E-state index < -0.39 is 6.04 Å². The molecule has 7 nitrogen and oxygen atoms in total. The molecule has 0 spiro atoms. The van der Waals surface area contributed by atoms with Crippen LogP contribution >= 0.6 is 0 Å². The van der Waals surface area contributed by atoms with Crippen molar-refractivity contribution in [2.75, 3.05) is 20.2 Å². The maximum absolute atomic E-state index is 13.0. The van der Waals surface area contributed by atoms with Crippen molar-refractivity contribution < 1.29 is 19.1 Å². The highest BCUT2D eigenvalue weighted by Crippen LogP contribution is 2.35. The van der Waals surface area contributed by atoms with Gasteiger partial charge in [0, 0.05) is 44.0 Å². The van der Waals surface area contributed by atoms with Crippen molar-refractivity contribution in [2.24, 2.45) is 0 Å². The Labute approximate surface area is 196 Å². The molecule has 3 aliphatic heterocycles. The first-order valence-electron chi connectivity index (χ1n) is 12.3. The van der Waals surface area contributed by atoms with E-state index in [-0.39, 0.29) is 23.5 Å². The predicted molar refractivity (Wildman–Crippen MR) is 125 cm³/mol. The lowest BCUT2D eigenvalue weighted by Gasteiger charge is -2.42. The van der Waals surface area contributed by atoms with Gasteiger partial charge in [-0.3, -0.25) is 14.5 Å². The minimum absolute atomic E-state index is 0.00761. The minimum atomic E-state index is -0.434. The molecule has 1 saturated carbocycles. The van der Waals surface area contributed by atoms with E-state index in [0.29, 0.717) is 31.0 Å². The van der Waals surface area contributed by atoms with Crippen molar-refractivity contribution in [3.8, 4) is 5.75 Å². The topological polar surface area (TPSA) is 71.1 Å². The highest BCUT2D eigenvalue weighted by molar-refractivity contribution is 6.01. The maximum atomic E-state index is 13.0. The Kier molecular flexibility index (Phi) is 5.95.